The van der Waals surface area contributed by atoms with Crippen LogP contribution in [0.15, 0.2) is 72.9 Å². The molecule has 0 heterocycles. The molecule has 0 aliphatic carbocycles. The lowest BCUT2D eigenvalue weighted by molar-refractivity contribution is -0.123. The van der Waals surface area contributed by atoms with E-state index in [-0.39, 0.29) is 25.7 Å². The molecule has 0 radical (unpaired) electrons. The van der Waals surface area contributed by atoms with Crippen LogP contribution in [0, 0.1) is 0 Å². The van der Waals surface area contributed by atoms with Crippen molar-refractivity contribution in [2.45, 2.75) is 180 Å². The highest BCUT2D eigenvalue weighted by molar-refractivity contribution is 7.47. The molecule has 0 aliphatic heterocycles. The molecule has 0 aromatic rings. The van der Waals surface area contributed by atoms with E-state index in [0.29, 0.717) is 6.42 Å². The zero-order valence-corrected chi connectivity index (χ0v) is 34.6. The molecular weight excluding hydrogens is 683 g/mol. The maximum atomic E-state index is 12.7. The number of allylic oxidation sites excluding steroid dienone is 11. The Kier molecular flexibility index (Phi) is 38.1. The quantitative estimate of drug-likeness (QED) is 0.0280. The van der Waals surface area contributed by atoms with Crippen molar-refractivity contribution in [1.29, 1.82) is 0 Å². The van der Waals surface area contributed by atoms with Gasteiger partial charge in [-0.3, -0.25) is 13.8 Å². The van der Waals surface area contributed by atoms with Crippen LogP contribution in [0.1, 0.15) is 168 Å². The van der Waals surface area contributed by atoms with Crippen molar-refractivity contribution in [3.8, 4) is 0 Å². The normalized spacial score (nSPS) is 14.9. The van der Waals surface area contributed by atoms with Crippen LogP contribution in [0.3, 0.4) is 0 Å². The highest BCUT2D eigenvalue weighted by Gasteiger charge is 2.26. The Bertz CT molecular complexity index is 1050. The van der Waals surface area contributed by atoms with Crippen LogP contribution in [0.5, 0.6) is 0 Å². The van der Waals surface area contributed by atoms with Crippen molar-refractivity contribution in [2.75, 3.05) is 19.8 Å². The molecule has 53 heavy (non-hydrogen) atoms. The minimum atomic E-state index is -4.35. The number of hydrogen-bond donors (Lipinski definition) is 4. The molecule has 3 unspecified atom stereocenters. The van der Waals surface area contributed by atoms with E-state index < -0.39 is 20.0 Å². The third kappa shape index (κ3) is 38.0. The van der Waals surface area contributed by atoms with Gasteiger partial charge in [0, 0.05) is 13.0 Å². The summed E-state index contributed by atoms with van der Waals surface area (Å²) in [6.07, 6.45) is 50.9. The topological polar surface area (TPSA) is 131 Å². The number of amides is 1. The Balaban J connectivity index is 4.26. The van der Waals surface area contributed by atoms with Gasteiger partial charge in [0.15, 0.2) is 0 Å². The Morgan fingerprint density at radius 3 is 1.68 bits per heavy atom. The van der Waals surface area contributed by atoms with E-state index in [9.17, 15) is 19.4 Å². The molecule has 0 rings (SSSR count). The van der Waals surface area contributed by atoms with Crippen LogP contribution in [-0.2, 0) is 18.4 Å². The molecule has 0 aromatic carbocycles. The third-order valence-electron chi connectivity index (χ3n) is 8.77. The minimum Gasteiger partial charge on any atom is -0.387 e. The maximum Gasteiger partial charge on any atom is 0.472 e. The summed E-state index contributed by atoms with van der Waals surface area (Å²) in [7, 11) is -4.35. The van der Waals surface area contributed by atoms with Crippen molar-refractivity contribution in [2.24, 2.45) is 5.73 Å². The van der Waals surface area contributed by atoms with Gasteiger partial charge in [-0.05, 0) is 70.6 Å². The lowest BCUT2D eigenvalue weighted by Gasteiger charge is -2.23. The number of rotatable bonds is 38. The smallest absolute Gasteiger partial charge is 0.387 e. The predicted molar refractivity (Wildman–Crippen MR) is 226 cm³/mol. The molecule has 1 amide bonds. The number of phosphoric acid groups is 1. The molecule has 306 valence electrons. The standard InChI is InChI=1S/C44H79N2O6P/c1-3-5-7-9-11-13-15-17-18-19-20-21-22-23-24-26-28-30-32-34-36-38-44(48)46-42(41-52-53(49,50)51-40-39-45)43(47)37-35-33-31-29-27-25-16-14-12-10-8-6-4-2/h5,7,11,13,17-18,20-21,27,29,35,37,42-43,47H,3-4,6,8-10,12,14-16,19,22-26,28,30-34,36,38-41,45H2,1-2H3,(H,46,48)(H,49,50)/b7-5-,13-11-,18-17-,21-20-,29-27+,37-35+. The molecule has 3 atom stereocenters. The van der Waals surface area contributed by atoms with Gasteiger partial charge in [0.25, 0.3) is 0 Å². The lowest BCUT2D eigenvalue weighted by atomic mass is 10.1. The van der Waals surface area contributed by atoms with E-state index in [1.807, 2.05) is 6.08 Å². The number of aliphatic hydroxyl groups is 1. The summed E-state index contributed by atoms with van der Waals surface area (Å²) in [6.45, 7) is 3.96. The number of unbranched alkanes of at least 4 members (excludes halogenated alkanes) is 16. The first kappa shape index (κ1) is 50.9. The SMILES string of the molecule is CC/C=C\C/C=C\C/C=C\C/C=C\CCCCCCCCCCC(=O)NC(COP(=O)(O)OCCN)C(O)/C=C/CC/C=C/CCCCCCCCC. The van der Waals surface area contributed by atoms with Crippen LogP contribution >= 0.6 is 7.82 Å². The lowest BCUT2D eigenvalue weighted by Crippen LogP contribution is -2.45. The number of hydrogen-bond acceptors (Lipinski definition) is 6. The first-order chi connectivity index (χ1) is 25.9. The van der Waals surface area contributed by atoms with E-state index in [2.05, 4.69) is 79.9 Å². The molecule has 5 N–H and O–H groups in total. The van der Waals surface area contributed by atoms with Gasteiger partial charge in [0.2, 0.25) is 5.91 Å². The van der Waals surface area contributed by atoms with Crippen molar-refractivity contribution in [3.05, 3.63) is 72.9 Å². The largest absolute Gasteiger partial charge is 0.472 e. The zero-order chi connectivity index (χ0) is 38.9. The molecule has 0 aliphatic rings. The van der Waals surface area contributed by atoms with Crippen molar-refractivity contribution in [1.82, 2.24) is 5.32 Å². The van der Waals surface area contributed by atoms with E-state index in [0.717, 1.165) is 77.0 Å². The van der Waals surface area contributed by atoms with E-state index in [1.54, 1.807) is 6.08 Å². The molecule has 0 saturated carbocycles. The fourth-order valence-electron chi connectivity index (χ4n) is 5.61. The Morgan fingerprint density at radius 2 is 1.11 bits per heavy atom. The van der Waals surface area contributed by atoms with Crippen LogP contribution in [0.4, 0.5) is 0 Å². The Labute approximate surface area is 325 Å². The van der Waals surface area contributed by atoms with E-state index in [4.69, 9.17) is 14.8 Å². The van der Waals surface area contributed by atoms with Gasteiger partial charge < -0.3 is 21.1 Å². The van der Waals surface area contributed by atoms with Crippen LogP contribution in [-0.4, -0.2) is 47.8 Å². The van der Waals surface area contributed by atoms with Crippen molar-refractivity contribution in [3.63, 3.8) is 0 Å². The average Bonchev–Trinajstić information content (AvgIpc) is 3.14. The van der Waals surface area contributed by atoms with Crippen LogP contribution < -0.4 is 11.1 Å². The average molecular weight is 763 g/mol. The van der Waals surface area contributed by atoms with Gasteiger partial charge in [-0.15, -0.1) is 0 Å². The second-order valence-electron chi connectivity index (χ2n) is 13.8. The maximum absolute atomic E-state index is 12.7. The van der Waals surface area contributed by atoms with Gasteiger partial charge in [-0.1, -0.05) is 164 Å². The third-order valence-corrected chi connectivity index (χ3v) is 9.75. The van der Waals surface area contributed by atoms with Crippen molar-refractivity contribution < 1.29 is 28.4 Å². The number of aliphatic hydroxyl groups excluding tert-OH is 1. The second kappa shape index (κ2) is 39.6. The first-order valence-corrected chi connectivity index (χ1v) is 22.6. The highest BCUT2D eigenvalue weighted by atomic mass is 31.2. The van der Waals surface area contributed by atoms with Gasteiger partial charge in [0.05, 0.1) is 25.4 Å². The number of phosphoric ester groups is 1. The summed E-state index contributed by atoms with van der Waals surface area (Å²) in [4.78, 5) is 22.7. The summed E-state index contributed by atoms with van der Waals surface area (Å²) in [6, 6.07) is -0.884. The Hall–Kier alpha value is -2.06. The van der Waals surface area contributed by atoms with Crippen LogP contribution in [0.25, 0.3) is 0 Å². The summed E-state index contributed by atoms with van der Waals surface area (Å²) < 4.78 is 22.1. The summed E-state index contributed by atoms with van der Waals surface area (Å²) in [5.41, 5.74) is 5.36. The fraction of sp³-hybridized carbons (Fsp3) is 0.705. The van der Waals surface area contributed by atoms with E-state index >= 15 is 0 Å². The molecule has 0 aromatic heterocycles. The molecule has 0 bridgehead atoms. The number of carbonyl (C=O) groups is 1. The molecule has 0 spiro atoms. The summed E-state index contributed by atoms with van der Waals surface area (Å²) in [5.74, 6) is -0.217. The predicted octanol–water partition coefficient (Wildman–Crippen LogP) is 11.7. The van der Waals surface area contributed by atoms with Gasteiger partial charge >= 0.3 is 7.82 Å². The van der Waals surface area contributed by atoms with E-state index in [1.165, 1.54) is 70.6 Å². The fourth-order valence-corrected chi connectivity index (χ4v) is 6.37. The van der Waals surface area contributed by atoms with Crippen molar-refractivity contribution >= 4 is 13.7 Å². The van der Waals surface area contributed by atoms with Crippen LogP contribution in [0.2, 0.25) is 0 Å². The summed E-state index contributed by atoms with van der Waals surface area (Å²) >= 11 is 0. The van der Waals surface area contributed by atoms with Gasteiger partial charge in [-0.2, -0.15) is 0 Å². The number of nitrogens with two attached hydrogens (primary N) is 1. The van der Waals surface area contributed by atoms with Gasteiger partial charge in [-0.25, -0.2) is 4.57 Å². The monoisotopic (exact) mass is 763 g/mol. The number of nitrogens with one attached hydrogen (secondary N) is 1. The number of carbonyl (C=O) groups excluding carboxylic acids is 1. The highest BCUT2D eigenvalue weighted by Crippen LogP contribution is 2.43. The first-order valence-electron chi connectivity index (χ1n) is 21.1. The summed E-state index contributed by atoms with van der Waals surface area (Å²) in [5, 5.41) is 13.6. The molecule has 0 fully saturated rings. The zero-order valence-electron chi connectivity index (χ0n) is 33.7. The second-order valence-corrected chi connectivity index (χ2v) is 15.3. The minimum absolute atomic E-state index is 0.0691. The molecule has 9 heteroatoms. The molecular formula is C44H79N2O6P. The van der Waals surface area contributed by atoms with Gasteiger partial charge in [0.1, 0.15) is 0 Å². The Morgan fingerprint density at radius 1 is 0.642 bits per heavy atom. The molecule has 8 nitrogen and oxygen atoms in total. The molecule has 0 saturated heterocycles.